The topological polar surface area (TPSA) is 70.3 Å². The molecule has 7 nitrogen and oxygen atoms in total. The van der Waals surface area contributed by atoms with E-state index in [9.17, 15) is 5.11 Å². The van der Waals surface area contributed by atoms with Crippen LogP contribution in [0.25, 0.3) is 0 Å². The SMILES string of the molecule is Cc1nc2c(c(N3CCCn4nc(C(O)CN(C)C)cc4C3)n1)CCC2. The Bertz CT molecular complexity index is 800. The first-order valence-electron chi connectivity index (χ1n) is 9.52. The zero-order valence-corrected chi connectivity index (χ0v) is 15.9. The van der Waals surface area contributed by atoms with Crippen LogP contribution in [0, 0.1) is 6.92 Å². The summed E-state index contributed by atoms with van der Waals surface area (Å²) in [6, 6.07) is 2.06. The van der Waals surface area contributed by atoms with Crippen molar-refractivity contribution in [3.05, 3.63) is 34.5 Å². The lowest BCUT2D eigenvalue weighted by Crippen LogP contribution is -2.25. The van der Waals surface area contributed by atoms with Gasteiger partial charge in [0.1, 0.15) is 17.7 Å². The maximum atomic E-state index is 10.4. The second-order valence-electron chi connectivity index (χ2n) is 7.71. The van der Waals surface area contributed by atoms with Crippen LogP contribution in [0.4, 0.5) is 5.82 Å². The molecule has 1 unspecified atom stereocenters. The van der Waals surface area contributed by atoms with Gasteiger partial charge < -0.3 is 14.9 Å². The molecule has 1 aliphatic heterocycles. The number of nitrogens with zero attached hydrogens (tertiary/aromatic N) is 6. The minimum atomic E-state index is -0.552. The normalized spacial score (nSPS) is 18.0. The van der Waals surface area contributed by atoms with Crippen molar-refractivity contribution in [3.63, 3.8) is 0 Å². The summed E-state index contributed by atoms with van der Waals surface area (Å²) in [5.41, 5.74) is 4.47. The molecule has 0 saturated carbocycles. The third-order valence-electron chi connectivity index (χ3n) is 5.24. The molecule has 2 aromatic heterocycles. The zero-order valence-electron chi connectivity index (χ0n) is 15.9. The van der Waals surface area contributed by atoms with E-state index in [1.165, 1.54) is 17.7 Å². The molecule has 3 heterocycles. The molecule has 7 heteroatoms. The molecule has 140 valence electrons. The van der Waals surface area contributed by atoms with Crippen molar-refractivity contribution < 1.29 is 5.11 Å². The molecular formula is C19H28N6O. The highest BCUT2D eigenvalue weighted by Gasteiger charge is 2.25. The highest BCUT2D eigenvalue weighted by atomic mass is 16.3. The number of anilines is 1. The maximum absolute atomic E-state index is 10.4. The van der Waals surface area contributed by atoms with E-state index in [-0.39, 0.29) is 0 Å². The smallest absolute Gasteiger partial charge is 0.136 e. The molecule has 0 spiro atoms. The fraction of sp³-hybridized carbons (Fsp3) is 0.632. The molecule has 0 bridgehead atoms. The van der Waals surface area contributed by atoms with Gasteiger partial charge in [0, 0.05) is 30.9 Å². The van der Waals surface area contributed by atoms with Gasteiger partial charge in [0.15, 0.2) is 0 Å². The van der Waals surface area contributed by atoms with Gasteiger partial charge >= 0.3 is 0 Å². The van der Waals surface area contributed by atoms with Gasteiger partial charge in [-0.2, -0.15) is 5.10 Å². The van der Waals surface area contributed by atoms with Gasteiger partial charge in [-0.25, -0.2) is 9.97 Å². The minimum absolute atomic E-state index is 0.552. The average molecular weight is 356 g/mol. The molecule has 4 rings (SSSR count). The van der Waals surface area contributed by atoms with E-state index in [1.54, 1.807) is 0 Å². The quantitative estimate of drug-likeness (QED) is 0.895. The summed E-state index contributed by atoms with van der Waals surface area (Å²) in [5, 5.41) is 15.1. The minimum Gasteiger partial charge on any atom is -0.385 e. The van der Waals surface area contributed by atoms with Gasteiger partial charge in [0.2, 0.25) is 0 Å². The van der Waals surface area contributed by atoms with Crippen molar-refractivity contribution in [3.8, 4) is 0 Å². The van der Waals surface area contributed by atoms with Crippen LogP contribution in [0.2, 0.25) is 0 Å². The molecule has 0 radical (unpaired) electrons. The van der Waals surface area contributed by atoms with Crippen molar-refractivity contribution >= 4 is 5.82 Å². The number of aliphatic hydroxyl groups is 1. The van der Waals surface area contributed by atoms with Crippen LogP contribution in [-0.2, 0) is 25.9 Å². The number of likely N-dealkylation sites (N-methyl/N-ethyl adjacent to an activating group) is 1. The summed E-state index contributed by atoms with van der Waals surface area (Å²) in [4.78, 5) is 13.8. The predicted molar refractivity (Wildman–Crippen MR) is 100 cm³/mol. The van der Waals surface area contributed by atoms with E-state index in [0.29, 0.717) is 6.54 Å². The van der Waals surface area contributed by atoms with Gasteiger partial charge in [-0.15, -0.1) is 0 Å². The van der Waals surface area contributed by atoms with Gasteiger partial charge in [-0.1, -0.05) is 0 Å². The number of hydrogen-bond acceptors (Lipinski definition) is 6. The Kier molecular flexibility index (Phi) is 4.67. The molecule has 2 aromatic rings. The number of aliphatic hydroxyl groups excluding tert-OH is 1. The number of hydrogen-bond donors (Lipinski definition) is 1. The number of aromatic nitrogens is 4. The van der Waals surface area contributed by atoms with E-state index >= 15 is 0 Å². The third-order valence-corrected chi connectivity index (χ3v) is 5.24. The molecule has 1 N–H and O–H groups in total. The maximum Gasteiger partial charge on any atom is 0.136 e. The summed E-state index contributed by atoms with van der Waals surface area (Å²) in [6.45, 7) is 5.21. The van der Waals surface area contributed by atoms with E-state index in [2.05, 4.69) is 25.7 Å². The summed E-state index contributed by atoms with van der Waals surface area (Å²) >= 11 is 0. The van der Waals surface area contributed by atoms with Gasteiger partial charge in [0.05, 0.1) is 17.9 Å². The first-order chi connectivity index (χ1) is 12.5. The van der Waals surface area contributed by atoms with Crippen LogP contribution in [0.5, 0.6) is 0 Å². The molecule has 0 aromatic carbocycles. The standard InChI is InChI=1S/C19H28N6O/c1-13-20-16-7-4-6-15(16)19(21-13)24-8-5-9-25-14(11-24)10-17(22-25)18(26)12-23(2)3/h10,18,26H,4-9,11-12H2,1-3H3. The predicted octanol–water partition coefficient (Wildman–Crippen LogP) is 1.48. The van der Waals surface area contributed by atoms with E-state index in [1.807, 2.05) is 25.9 Å². The molecular weight excluding hydrogens is 328 g/mol. The lowest BCUT2D eigenvalue weighted by atomic mass is 10.2. The first kappa shape index (κ1) is 17.4. The molecule has 1 atom stereocenters. The molecule has 1 aliphatic carbocycles. The highest BCUT2D eigenvalue weighted by molar-refractivity contribution is 5.51. The Balaban J connectivity index is 1.62. The lowest BCUT2D eigenvalue weighted by Gasteiger charge is -2.24. The Hall–Kier alpha value is -1.99. The number of fused-ring (bicyclic) bond motifs is 2. The second-order valence-corrected chi connectivity index (χ2v) is 7.71. The zero-order chi connectivity index (χ0) is 18.3. The van der Waals surface area contributed by atoms with Crippen LogP contribution in [0.15, 0.2) is 6.07 Å². The monoisotopic (exact) mass is 356 g/mol. The molecule has 0 fully saturated rings. The number of aryl methyl sites for hydroxylation is 3. The Morgan fingerprint density at radius 1 is 1.19 bits per heavy atom. The van der Waals surface area contributed by atoms with Crippen molar-refractivity contribution in [2.24, 2.45) is 0 Å². The summed E-state index contributed by atoms with van der Waals surface area (Å²) in [7, 11) is 3.92. The van der Waals surface area contributed by atoms with Crippen LogP contribution in [-0.4, -0.2) is 56.9 Å². The van der Waals surface area contributed by atoms with Gasteiger partial charge in [-0.3, -0.25) is 4.68 Å². The van der Waals surface area contributed by atoms with Gasteiger partial charge in [0.25, 0.3) is 0 Å². The molecule has 0 amide bonds. The Labute approximate surface area is 154 Å². The van der Waals surface area contributed by atoms with E-state index in [0.717, 1.165) is 61.9 Å². The fourth-order valence-corrected chi connectivity index (χ4v) is 4.06. The second kappa shape index (κ2) is 6.96. The van der Waals surface area contributed by atoms with Crippen molar-refractivity contribution in [1.82, 2.24) is 24.6 Å². The van der Waals surface area contributed by atoms with Crippen LogP contribution in [0.1, 0.15) is 47.4 Å². The van der Waals surface area contributed by atoms with Crippen molar-refractivity contribution in [2.45, 2.75) is 51.8 Å². The van der Waals surface area contributed by atoms with Gasteiger partial charge in [-0.05, 0) is 52.8 Å². The van der Waals surface area contributed by atoms with Crippen LogP contribution < -0.4 is 4.90 Å². The van der Waals surface area contributed by atoms with Crippen LogP contribution in [0.3, 0.4) is 0 Å². The Morgan fingerprint density at radius 2 is 2.04 bits per heavy atom. The number of rotatable bonds is 4. The van der Waals surface area contributed by atoms with Crippen molar-refractivity contribution in [1.29, 1.82) is 0 Å². The average Bonchev–Trinajstić information content (AvgIpc) is 3.15. The fourth-order valence-electron chi connectivity index (χ4n) is 4.06. The summed E-state index contributed by atoms with van der Waals surface area (Å²) in [5.74, 6) is 1.97. The van der Waals surface area contributed by atoms with E-state index in [4.69, 9.17) is 4.98 Å². The van der Waals surface area contributed by atoms with E-state index < -0.39 is 6.10 Å². The highest BCUT2D eigenvalue weighted by Crippen LogP contribution is 2.31. The largest absolute Gasteiger partial charge is 0.385 e. The summed E-state index contributed by atoms with van der Waals surface area (Å²) in [6.07, 6.45) is 3.79. The van der Waals surface area contributed by atoms with Crippen molar-refractivity contribution in [2.75, 3.05) is 32.1 Å². The first-order valence-corrected chi connectivity index (χ1v) is 9.52. The lowest BCUT2D eigenvalue weighted by molar-refractivity contribution is 0.133. The molecule has 2 aliphatic rings. The van der Waals surface area contributed by atoms with Crippen LogP contribution >= 0.6 is 0 Å². The third kappa shape index (κ3) is 3.33. The summed E-state index contributed by atoms with van der Waals surface area (Å²) < 4.78 is 2.06. The Morgan fingerprint density at radius 3 is 2.85 bits per heavy atom. The molecule has 26 heavy (non-hydrogen) atoms. The molecule has 0 saturated heterocycles.